The molecule has 0 unspecified atom stereocenters. The van der Waals surface area contributed by atoms with Crippen LogP contribution in [0.3, 0.4) is 0 Å². The number of benzene rings is 1. The number of likely N-dealkylation sites (tertiary alicyclic amines) is 1. The molecule has 1 aliphatic heterocycles. The molecule has 1 saturated heterocycles. The molecule has 1 fully saturated rings. The highest BCUT2D eigenvalue weighted by atomic mass is 16.2. The maximum atomic E-state index is 12.7. The lowest BCUT2D eigenvalue weighted by Gasteiger charge is -2.32. The van der Waals surface area contributed by atoms with Crippen molar-refractivity contribution >= 4 is 5.91 Å². The lowest BCUT2D eigenvalue weighted by molar-refractivity contribution is 0.0677. The van der Waals surface area contributed by atoms with Crippen LogP contribution in [-0.4, -0.2) is 33.7 Å². The van der Waals surface area contributed by atoms with Crippen LogP contribution < -0.4 is 0 Å². The number of aromatic nitrogens is 2. The predicted octanol–water partition coefficient (Wildman–Crippen LogP) is 3.39. The maximum Gasteiger partial charge on any atom is 0.272 e. The number of aryl methyl sites for hydroxylation is 1. The van der Waals surface area contributed by atoms with Gasteiger partial charge < -0.3 is 4.90 Å². The first kappa shape index (κ1) is 15.8. The van der Waals surface area contributed by atoms with Crippen molar-refractivity contribution in [3.05, 3.63) is 53.9 Å². The summed E-state index contributed by atoms with van der Waals surface area (Å²) in [6, 6.07) is 12.5. The summed E-state index contributed by atoms with van der Waals surface area (Å²) < 4.78 is 1.83. The Balaban J connectivity index is 1.56. The maximum absolute atomic E-state index is 12.7. The Labute approximate surface area is 138 Å². The van der Waals surface area contributed by atoms with E-state index in [2.05, 4.69) is 42.4 Å². The Kier molecular flexibility index (Phi) is 5.11. The second-order valence-electron chi connectivity index (χ2n) is 6.36. The molecular weight excluding hydrogens is 286 g/mol. The standard InChI is InChI=1S/C19H25N3O/c1-2-12-22-18(8-11-20-22)19(23)21-13-9-17(10-14-21)15-16-6-4-3-5-7-16/h3-8,11,17H,2,9-10,12-15H2,1H3. The summed E-state index contributed by atoms with van der Waals surface area (Å²) in [5, 5.41) is 4.26. The van der Waals surface area contributed by atoms with E-state index in [9.17, 15) is 4.79 Å². The highest BCUT2D eigenvalue weighted by molar-refractivity contribution is 5.92. The van der Waals surface area contributed by atoms with Gasteiger partial charge in [0, 0.05) is 25.8 Å². The quantitative estimate of drug-likeness (QED) is 0.849. The molecule has 0 radical (unpaired) electrons. The van der Waals surface area contributed by atoms with E-state index in [1.165, 1.54) is 5.56 Å². The lowest BCUT2D eigenvalue weighted by Crippen LogP contribution is -2.39. The van der Waals surface area contributed by atoms with Crippen molar-refractivity contribution in [2.75, 3.05) is 13.1 Å². The van der Waals surface area contributed by atoms with E-state index in [4.69, 9.17) is 0 Å². The summed E-state index contributed by atoms with van der Waals surface area (Å²) in [5.41, 5.74) is 2.13. The van der Waals surface area contributed by atoms with Crippen molar-refractivity contribution < 1.29 is 4.79 Å². The number of piperidine rings is 1. The van der Waals surface area contributed by atoms with E-state index in [0.717, 1.165) is 51.0 Å². The monoisotopic (exact) mass is 311 g/mol. The van der Waals surface area contributed by atoms with Crippen molar-refractivity contribution in [3.8, 4) is 0 Å². The summed E-state index contributed by atoms with van der Waals surface area (Å²) in [5.74, 6) is 0.816. The van der Waals surface area contributed by atoms with E-state index in [1.54, 1.807) is 6.20 Å². The van der Waals surface area contributed by atoms with Crippen LogP contribution in [0.4, 0.5) is 0 Å². The van der Waals surface area contributed by atoms with Gasteiger partial charge >= 0.3 is 0 Å². The van der Waals surface area contributed by atoms with Gasteiger partial charge in [0.1, 0.15) is 5.69 Å². The van der Waals surface area contributed by atoms with Crippen molar-refractivity contribution in [3.63, 3.8) is 0 Å². The fourth-order valence-electron chi connectivity index (χ4n) is 3.35. The van der Waals surface area contributed by atoms with E-state index in [1.807, 2.05) is 15.6 Å². The van der Waals surface area contributed by atoms with Crippen molar-refractivity contribution in [1.29, 1.82) is 0 Å². The molecule has 23 heavy (non-hydrogen) atoms. The van der Waals surface area contributed by atoms with Crippen LogP contribution >= 0.6 is 0 Å². The van der Waals surface area contributed by atoms with Gasteiger partial charge in [0.15, 0.2) is 0 Å². The highest BCUT2D eigenvalue weighted by Crippen LogP contribution is 2.22. The van der Waals surface area contributed by atoms with E-state index in [-0.39, 0.29) is 5.91 Å². The van der Waals surface area contributed by atoms with Crippen molar-refractivity contribution in [2.24, 2.45) is 5.92 Å². The number of nitrogens with zero attached hydrogens (tertiary/aromatic N) is 3. The van der Waals surface area contributed by atoms with Crippen LogP contribution in [0.25, 0.3) is 0 Å². The van der Waals surface area contributed by atoms with Gasteiger partial charge in [-0.25, -0.2) is 0 Å². The molecule has 1 aromatic heterocycles. The molecule has 3 rings (SSSR count). The molecule has 1 amide bonds. The third-order valence-corrected chi connectivity index (χ3v) is 4.64. The predicted molar refractivity (Wildman–Crippen MR) is 91.3 cm³/mol. The summed E-state index contributed by atoms with van der Waals surface area (Å²) in [4.78, 5) is 14.7. The molecule has 0 saturated carbocycles. The van der Waals surface area contributed by atoms with Gasteiger partial charge in [-0.1, -0.05) is 37.3 Å². The Hall–Kier alpha value is -2.10. The van der Waals surface area contributed by atoms with Crippen LogP contribution in [0.15, 0.2) is 42.6 Å². The van der Waals surface area contributed by atoms with E-state index < -0.39 is 0 Å². The highest BCUT2D eigenvalue weighted by Gasteiger charge is 2.25. The number of amides is 1. The molecule has 4 nitrogen and oxygen atoms in total. The summed E-state index contributed by atoms with van der Waals surface area (Å²) in [7, 11) is 0. The normalized spacial score (nSPS) is 15.8. The zero-order valence-corrected chi connectivity index (χ0v) is 13.8. The Bertz CT molecular complexity index is 627. The average Bonchev–Trinajstić information content (AvgIpc) is 3.04. The second-order valence-corrected chi connectivity index (χ2v) is 6.36. The number of rotatable bonds is 5. The summed E-state index contributed by atoms with van der Waals surface area (Å²) in [6.07, 6.45) is 6.01. The Morgan fingerprint density at radius 1 is 1.17 bits per heavy atom. The molecule has 4 heteroatoms. The molecule has 1 aliphatic rings. The Morgan fingerprint density at radius 2 is 1.91 bits per heavy atom. The minimum absolute atomic E-state index is 0.133. The number of carbonyl (C=O) groups is 1. The smallest absolute Gasteiger partial charge is 0.272 e. The van der Waals surface area contributed by atoms with Crippen LogP contribution in [-0.2, 0) is 13.0 Å². The van der Waals surface area contributed by atoms with Gasteiger partial charge in [-0.05, 0) is 43.2 Å². The zero-order valence-electron chi connectivity index (χ0n) is 13.8. The van der Waals surface area contributed by atoms with Crippen LogP contribution in [0, 0.1) is 5.92 Å². The third kappa shape index (κ3) is 3.81. The van der Waals surface area contributed by atoms with Crippen LogP contribution in [0.5, 0.6) is 0 Å². The first-order chi connectivity index (χ1) is 11.3. The Morgan fingerprint density at radius 3 is 2.61 bits per heavy atom. The average molecular weight is 311 g/mol. The molecule has 0 bridgehead atoms. The second kappa shape index (κ2) is 7.44. The SMILES string of the molecule is CCCn1nccc1C(=O)N1CCC(Cc2ccccc2)CC1. The zero-order chi connectivity index (χ0) is 16.1. The summed E-state index contributed by atoms with van der Waals surface area (Å²) in [6.45, 7) is 4.62. The molecule has 0 aliphatic carbocycles. The van der Waals surface area contributed by atoms with Gasteiger partial charge in [0.25, 0.3) is 5.91 Å². The molecule has 122 valence electrons. The minimum Gasteiger partial charge on any atom is -0.337 e. The summed E-state index contributed by atoms with van der Waals surface area (Å²) >= 11 is 0. The molecule has 2 aromatic rings. The van der Waals surface area contributed by atoms with Crippen LogP contribution in [0.2, 0.25) is 0 Å². The first-order valence-corrected chi connectivity index (χ1v) is 8.63. The first-order valence-electron chi connectivity index (χ1n) is 8.63. The van der Waals surface area contributed by atoms with Gasteiger partial charge in [-0.3, -0.25) is 9.48 Å². The topological polar surface area (TPSA) is 38.1 Å². The molecule has 0 N–H and O–H groups in total. The van der Waals surface area contributed by atoms with Gasteiger partial charge in [-0.15, -0.1) is 0 Å². The fourth-order valence-corrected chi connectivity index (χ4v) is 3.35. The molecule has 1 aromatic carbocycles. The van der Waals surface area contributed by atoms with Gasteiger partial charge in [-0.2, -0.15) is 5.10 Å². The van der Waals surface area contributed by atoms with Crippen molar-refractivity contribution in [2.45, 2.75) is 39.2 Å². The molecule has 0 spiro atoms. The van der Waals surface area contributed by atoms with E-state index >= 15 is 0 Å². The lowest BCUT2D eigenvalue weighted by atomic mass is 9.90. The third-order valence-electron chi connectivity index (χ3n) is 4.64. The van der Waals surface area contributed by atoms with Crippen molar-refractivity contribution in [1.82, 2.24) is 14.7 Å². The van der Waals surface area contributed by atoms with Gasteiger partial charge in [0.2, 0.25) is 0 Å². The number of hydrogen-bond donors (Lipinski definition) is 0. The molecule has 2 heterocycles. The van der Waals surface area contributed by atoms with Crippen LogP contribution in [0.1, 0.15) is 42.2 Å². The molecule has 0 atom stereocenters. The minimum atomic E-state index is 0.133. The molecular formula is C19H25N3O. The van der Waals surface area contributed by atoms with E-state index in [0.29, 0.717) is 5.92 Å². The number of carbonyl (C=O) groups excluding carboxylic acids is 1. The fraction of sp³-hybridized carbons (Fsp3) is 0.474. The van der Waals surface area contributed by atoms with Gasteiger partial charge in [0.05, 0.1) is 0 Å². The largest absolute Gasteiger partial charge is 0.337 e. The number of hydrogen-bond acceptors (Lipinski definition) is 2.